The van der Waals surface area contributed by atoms with Gasteiger partial charge in [-0.1, -0.05) is 32.9 Å². The van der Waals surface area contributed by atoms with Gasteiger partial charge >= 0.3 is 5.97 Å². The molecule has 1 spiro atoms. The maximum atomic E-state index is 11.9. The number of aliphatic hydroxyl groups is 1. The third-order valence-electron chi connectivity index (χ3n) is 9.13. The zero-order valence-electron chi connectivity index (χ0n) is 17.4. The summed E-state index contributed by atoms with van der Waals surface area (Å²) in [6.45, 7) is 11.5. The first kappa shape index (κ1) is 19.2. The molecule has 0 unspecified atom stereocenters. The van der Waals surface area contributed by atoms with E-state index >= 15 is 0 Å². The molecule has 150 valence electrons. The maximum Gasteiger partial charge on any atom is 0.330 e. The molecule has 4 aliphatic rings. The minimum absolute atomic E-state index is 0.0647. The molecule has 4 rings (SSSR count). The summed E-state index contributed by atoms with van der Waals surface area (Å²) in [6, 6.07) is 0. The third-order valence-corrected chi connectivity index (χ3v) is 9.13. The van der Waals surface area contributed by atoms with Gasteiger partial charge < -0.3 is 9.84 Å². The fourth-order valence-corrected chi connectivity index (χ4v) is 8.08. The quantitative estimate of drug-likeness (QED) is 0.421. The molecule has 3 heteroatoms. The van der Waals surface area contributed by atoms with Gasteiger partial charge in [0, 0.05) is 11.5 Å². The molecule has 1 N–H and O–H groups in total. The molecule has 4 saturated carbocycles. The summed E-state index contributed by atoms with van der Waals surface area (Å²) in [6.07, 6.45) is 13.2. The van der Waals surface area contributed by atoms with E-state index in [1.54, 1.807) is 6.08 Å². The van der Waals surface area contributed by atoms with Gasteiger partial charge in [0.1, 0.15) is 0 Å². The number of carbonyl (C=O) groups is 1. The maximum absolute atomic E-state index is 11.9. The number of hydrogen-bond donors (Lipinski definition) is 1. The zero-order valence-corrected chi connectivity index (χ0v) is 17.4. The Morgan fingerprint density at radius 1 is 1.22 bits per heavy atom. The molecule has 4 fully saturated rings. The number of carbonyl (C=O) groups excluding carboxylic acids is 1. The van der Waals surface area contributed by atoms with Gasteiger partial charge in [-0.25, -0.2) is 4.79 Å². The van der Waals surface area contributed by atoms with Crippen LogP contribution in [0.25, 0.3) is 0 Å². The molecular weight excluding hydrogens is 336 g/mol. The third kappa shape index (κ3) is 2.75. The van der Waals surface area contributed by atoms with Crippen LogP contribution >= 0.6 is 0 Å². The monoisotopic (exact) mass is 372 g/mol. The highest BCUT2D eigenvalue weighted by Crippen LogP contribution is 2.72. The summed E-state index contributed by atoms with van der Waals surface area (Å²) in [4.78, 5) is 11.9. The van der Waals surface area contributed by atoms with E-state index in [4.69, 9.17) is 4.74 Å². The van der Waals surface area contributed by atoms with Crippen molar-refractivity contribution in [1.82, 2.24) is 0 Å². The number of hydrogen-bond acceptors (Lipinski definition) is 3. The predicted octanol–water partition coefficient (Wildman–Crippen LogP) is 5.19. The van der Waals surface area contributed by atoms with Gasteiger partial charge in [-0.3, -0.25) is 0 Å². The average Bonchev–Trinajstić information content (AvgIpc) is 2.77. The summed E-state index contributed by atoms with van der Waals surface area (Å²) < 4.78 is 5.67. The molecule has 2 bridgehead atoms. The Labute approximate surface area is 164 Å². The van der Waals surface area contributed by atoms with E-state index in [0.29, 0.717) is 18.4 Å². The van der Waals surface area contributed by atoms with Crippen molar-refractivity contribution in [1.29, 1.82) is 0 Å². The number of rotatable bonds is 3. The molecule has 0 aromatic carbocycles. The van der Waals surface area contributed by atoms with E-state index in [-0.39, 0.29) is 22.2 Å². The largest absolute Gasteiger partial charge is 0.462 e. The Balaban J connectivity index is 1.60. The van der Waals surface area contributed by atoms with Crippen LogP contribution in [0.15, 0.2) is 24.3 Å². The molecule has 0 aromatic heterocycles. The van der Waals surface area contributed by atoms with Crippen molar-refractivity contribution in [2.45, 2.75) is 84.2 Å². The molecule has 6 atom stereocenters. The molecule has 0 aliphatic heterocycles. The first-order valence-electron chi connectivity index (χ1n) is 10.9. The first-order valence-corrected chi connectivity index (χ1v) is 10.9. The number of ether oxygens (including phenoxy) is 1. The Kier molecular flexibility index (Phi) is 4.42. The first-order chi connectivity index (χ1) is 12.7. The van der Waals surface area contributed by atoms with Crippen LogP contribution in [0, 0.1) is 28.1 Å². The fourth-order valence-electron chi connectivity index (χ4n) is 8.08. The molecule has 0 aromatic rings. The average molecular weight is 373 g/mol. The topological polar surface area (TPSA) is 46.5 Å². The van der Waals surface area contributed by atoms with E-state index in [1.165, 1.54) is 31.8 Å². The zero-order chi connectivity index (χ0) is 19.5. The lowest BCUT2D eigenvalue weighted by atomic mass is 9.41. The molecule has 0 saturated heterocycles. The lowest BCUT2D eigenvalue weighted by molar-refractivity contribution is -0.179. The van der Waals surface area contributed by atoms with Crippen LogP contribution in [-0.2, 0) is 9.53 Å². The number of allylic oxidation sites excluding steroid dienone is 1. The van der Waals surface area contributed by atoms with Crippen LogP contribution in [0.4, 0.5) is 0 Å². The SMILES string of the molecule is C=C1C[C@@]23CC[C@@H]4[C@](C)(COC(=O)/C=C/C)CCC[C@@]4(C)[C@@H]2CC[C@@]1(O)C3. The summed E-state index contributed by atoms with van der Waals surface area (Å²) >= 11 is 0. The van der Waals surface area contributed by atoms with E-state index in [1.807, 2.05) is 6.92 Å². The van der Waals surface area contributed by atoms with E-state index in [9.17, 15) is 9.90 Å². The van der Waals surface area contributed by atoms with Gasteiger partial charge in [-0.15, -0.1) is 0 Å². The summed E-state index contributed by atoms with van der Waals surface area (Å²) in [5.74, 6) is 1.04. The highest BCUT2D eigenvalue weighted by atomic mass is 16.5. The minimum Gasteiger partial charge on any atom is -0.462 e. The van der Waals surface area contributed by atoms with Crippen molar-refractivity contribution < 1.29 is 14.6 Å². The van der Waals surface area contributed by atoms with Crippen LogP contribution in [0.1, 0.15) is 78.6 Å². The van der Waals surface area contributed by atoms with Crippen LogP contribution in [-0.4, -0.2) is 23.3 Å². The number of esters is 1. The number of fused-ring (bicyclic) bond motifs is 3. The molecule has 4 aliphatic carbocycles. The van der Waals surface area contributed by atoms with Crippen LogP contribution in [0.3, 0.4) is 0 Å². The predicted molar refractivity (Wildman–Crippen MR) is 107 cm³/mol. The van der Waals surface area contributed by atoms with E-state index in [2.05, 4.69) is 20.4 Å². The highest BCUT2D eigenvalue weighted by molar-refractivity contribution is 5.81. The smallest absolute Gasteiger partial charge is 0.330 e. The normalized spacial score (nSPS) is 49.0. The van der Waals surface area contributed by atoms with Gasteiger partial charge in [0.05, 0.1) is 12.2 Å². The van der Waals surface area contributed by atoms with E-state index < -0.39 is 5.60 Å². The van der Waals surface area contributed by atoms with E-state index in [0.717, 1.165) is 37.7 Å². The van der Waals surface area contributed by atoms with Crippen molar-refractivity contribution in [3.63, 3.8) is 0 Å². The lowest BCUT2D eigenvalue weighted by Crippen LogP contribution is -2.58. The molecule has 0 amide bonds. The van der Waals surface area contributed by atoms with Gasteiger partial charge in [-0.05, 0) is 86.5 Å². The van der Waals surface area contributed by atoms with Gasteiger partial charge in [0.25, 0.3) is 0 Å². The van der Waals surface area contributed by atoms with Gasteiger partial charge in [-0.2, -0.15) is 0 Å². The summed E-state index contributed by atoms with van der Waals surface area (Å²) in [7, 11) is 0. The van der Waals surface area contributed by atoms with Crippen molar-refractivity contribution in [3.05, 3.63) is 24.3 Å². The second kappa shape index (κ2) is 6.20. The van der Waals surface area contributed by atoms with Crippen molar-refractivity contribution in [2.75, 3.05) is 6.61 Å². The van der Waals surface area contributed by atoms with Crippen molar-refractivity contribution in [3.8, 4) is 0 Å². The lowest BCUT2D eigenvalue weighted by Gasteiger charge is -2.64. The van der Waals surface area contributed by atoms with Gasteiger partial charge in [0.2, 0.25) is 0 Å². The summed E-state index contributed by atoms with van der Waals surface area (Å²) in [5, 5.41) is 11.0. The Bertz CT molecular complexity index is 681. The van der Waals surface area contributed by atoms with Crippen LogP contribution in [0.2, 0.25) is 0 Å². The summed E-state index contributed by atoms with van der Waals surface area (Å²) in [5.41, 5.74) is 1.10. The Morgan fingerprint density at radius 2 is 1.96 bits per heavy atom. The molecule has 0 heterocycles. The fraction of sp³-hybridized carbons (Fsp3) is 0.792. The second-order valence-corrected chi connectivity index (χ2v) is 10.7. The molecular formula is C24H36O3. The Hall–Kier alpha value is -1.09. The molecule has 27 heavy (non-hydrogen) atoms. The van der Waals surface area contributed by atoms with Crippen molar-refractivity contribution in [2.24, 2.45) is 28.1 Å². The van der Waals surface area contributed by atoms with Gasteiger partial charge in [0.15, 0.2) is 0 Å². The Morgan fingerprint density at radius 3 is 2.70 bits per heavy atom. The van der Waals surface area contributed by atoms with Crippen molar-refractivity contribution >= 4 is 5.97 Å². The minimum atomic E-state index is -0.598. The molecule has 3 nitrogen and oxygen atoms in total. The second-order valence-electron chi connectivity index (χ2n) is 10.7. The molecule has 0 radical (unpaired) electrons. The van der Waals surface area contributed by atoms with Crippen LogP contribution in [0.5, 0.6) is 0 Å². The standard InChI is InChI=1S/C24H36O3/c1-5-7-20(25)27-16-21(3)10-6-11-22(4)18(21)8-12-23-14-17(2)24(26,15-23)13-9-19(22)23/h5,7,18-19,26H,2,6,8-16H2,1,3-4H3/b7-5+/t18-,19+,21+,22-,23-,24-/m1/s1. The highest BCUT2D eigenvalue weighted by Gasteiger charge is 2.66. The van der Waals surface area contributed by atoms with Crippen LogP contribution < -0.4 is 0 Å².